The molecule has 1 aromatic heterocycles. The van der Waals surface area contributed by atoms with Gasteiger partial charge in [0.1, 0.15) is 5.75 Å². The van der Waals surface area contributed by atoms with E-state index in [9.17, 15) is 4.79 Å². The Balaban J connectivity index is 1.50. The van der Waals surface area contributed by atoms with E-state index in [0.717, 1.165) is 60.3 Å². The van der Waals surface area contributed by atoms with Gasteiger partial charge in [-0.3, -0.25) is 9.69 Å². The number of aromatic nitrogens is 1. The summed E-state index contributed by atoms with van der Waals surface area (Å²) in [5.74, 6) is 0.463. The van der Waals surface area contributed by atoms with Crippen molar-refractivity contribution < 1.29 is 14.3 Å². The monoisotopic (exact) mass is 457 g/mol. The summed E-state index contributed by atoms with van der Waals surface area (Å²) in [6.07, 6.45) is 3.02. The molecule has 7 heteroatoms. The van der Waals surface area contributed by atoms with E-state index in [1.54, 1.807) is 13.2 Å². The van der Waals surface area contributed by atoms with Crippen LogP contribution in [-0.2, 0) is 11.2 Å². The predicted molar refractivity (Wildman–Crippen MR) is 118 cm³/mol. The van der Waals surface area contributed by atoms with Crippen LogP contribution in [0.15, 0.2) is 47.1 Å². The van der Waals surface area contributed by atoms with Gasteiger partial charge in [0.15, 0.2) is 0 Å². The van der Waals surface area contributed by atoms with Crippen LogP contribution in [0.2, 0.25) is 0 Å². The van der Waals surface area contributed by atoms with Crippen molar-refractivity contribution in [1.82, 2.24) is 9.88 Å². The molecule has 0 radical (unpaired) electrons. The topological polar surface area (TPSA) is 66.6 Å². The van der Waals surface area contributed by atoms with E-state index in [0.29, 0.717) is 11.3 Å². The average Bonchev–Trinajstić information content (AvgIpc) is 3.15. The van der Waals surface area contributed by atoms with E-state index in [2.05, 4.69) is 37.3 Å². The van der Waals surface area contributed by atoms with Crippen LogP contribution >= 0.6 is 15.9 Å². The van der Waals surface area contributed by atoms with Gasteiger partial charge >= 0.3 is 0 Å². The van der Waals surface area contributed by atoms with Crippen molar-refractivity contribution >= 4 is 38.4 Å². The Bertz CT molecular complexity index is 1010. The third-order valence-electron chi connectivity index (χ3n) is 5.24. The Morgan fingerprint density at radius 1 is 1.24 bits per heavy atom. The van der Waals surface area contributed by atoms with Crippen LogP contribution in [0.3, 0.4) is 0 Å². The Morgan fingerprint density at radius 2 is 2.07 bits per heavy atom. The first-order chi connectivity index (χ1) is 14.1. The number of rotatable bonds is 6. The Kier molecular flexibility index (Phi) is 6.18. The lowest BCUT2D eigenvalue weighted by molar-refractivity contribution is 0.0385. The van der Waals surface area contributed by atoms with E-state index < -0.39 is 0 Å². The lowest BCUT2D eigenvalue weighted by Gasteiger charge is -2.26. The fourth-order valence-corrected chi connectivity index (χ4v) is 4.00. The Hall–Kier alpha value is -2.35. The minimum Gasteiger partial charge on any atom is -0.497 e. The predicted octanol–water partition coefficient (Wildman–Crippen LogP) is 4.07. The van der Waals surface area contributed by atoms with E-state index in [-0.39, 0.29) is 5.91 Å². The number of aromatic amines is 1. The molecule has 3 aromatic rings. The summed E-state index contributed by atoms with van der Waals surface area (Å²) in [5.41, 5.74) is 3.63. The molecule has 6 nitrogen and oxygen atoms in total. The number of hydrogen-bond donors (Lipinski definition) is 2. The van der Waals surface area contributed by atoms with Gasteiger partial charge < -0.3 is 19.8 Å². The molecule has 2 N–H and O–H groups in total. The van der Waals surface area contributed by atoms with E-state index in [4.69, 9.17) is 9.47 Å². The van der Waals surface area contributed by atoms with Crippen molar-refractivity contribution in [3.05, 3.63) is 58.2 Å². The molecule has 0 spiro atoms. The smallest absolute Gasteiger partial charge is 0.256 e. The standard InChI is InChI=1S/C22H24BrN3O3/c1-28-17-3-4-20(23)19(13-17)22(27)25-16-2-5-21-18(12-16)15(14-24-21)6-7-26-8-10-29-11-9-26/h2-5,12-14,24H,6-11H2,1H3,(H,25,27). The van der Waals surface area contributed by atoms with E-state index in [1.165, 1.54) is 5.56 Å². The second-order valence-corrected chi connectivity index (χ2v) is 7.93. The molecule has 2 aromatic carbocycles. The number of nitrogens with one attached hydrogen (secondary N) is 2. The van der Waals surface area contributed by atoms with E-state index >= 15 is 0 Å². The van der Waals surface area contributed by atoms with Crippen molar-refractivity contribution in [2.24, 2.45) is 0 Å². The largest absolute Gasteiger partial charge is 0.497 e. The highest BCUT2D eigenvalue weighted by Crippen LogP contribution is 2.26. The van der Waals surface area contributed by atoms with Crippen molar-refractivity contribution in [1.29, 1.82) is 0 Å². The third-order valence-corrected chi connectivity index (χ3v) is 5.94. The third kappa shape index (κ3) is 4.63. The minimum absolute atomic E-state index is 0.180. The van der Waals surface area contributed by atoms with Gasteiger partial charge in [0, 0.05) is 46.9 Å². The fourth-order valence-electron chi connectivity index (χ4n) is 3.57. The number of H-pyrrole nitrogens is 1. The number of amides is 1. The number of morpholine rings is 1. The highest BCUT2D eigenvalue weighted by molar-refractivity contribution is 9.10. The fraction of sp³-hybridized carbons (Fsp3) is 0.318. The SMILES string of the molecule is COc1ccc(Br)c(C(=O)Nc2ccc3[nH]cc(CCN4CCOCC4)c3c2)c1. The number of benzene rings is 2. The normalized spacial score (nSPS) is 14.8. The van der Waals surface area contributed by atoms with Gasteiger partial charge in [-0.2, -0.15) is 0 Å². The molecular weight excluding hydrogens is 434 g/mol. The minimum atomic E-state index is -0.180. The molecule has 29 heavy (non-hydrogen) atoms. The molecule has 1 amide bonds. The van der Waals surface area contributed by atoms with Crippen molar-refractivity contribution in [3.63, 3.8) is 0 Å². The van der Waals surface area contributed by atoms with Crippen LogP contribution in [0.25, 0.3) is 10.9 Å². The molecular formula is C22H24BrN3O3. The van der Waals surface area contributed by atoms with Gasteiger partial charge in [0.05, 0.1) is 25.9 Å². The number of fused-ring (bicyclic) bond motifs is 1. The first-order valence-corrected chi connectivity index (χ1v) is 10.5. The number of carbonyl (C=O) groups excluding carboxylic acids is 1. The molecule has 2 heterocycles. The zero-order valence-electron chi connectivity index (χ0n) is 16.3. The number of halogens is 1. The van der Waals surface area contributed by atoms with Crippen LogP contribution < -0.4 is 10.1 Å². The highest BCUT2D eigenvalue weighted by atomic mass is 79.9. The van der Waals surface area contributed by atoms with Gasteiger partial charge in [0.25, 0.3) is 5.91 Å². The molecule has 0 bridgehead atoms. The summed E-state index contributed by atoms with van der Waals surface area (Å²) in [4.78, 5) is 18.5. The maximum Gasteiger partial charge on any atom is 0.256 e. The van der Waals surface area contributed by atoms with Gasteiger partial charge in [-0.1, -0.05) is 0 Å². The molecule has 1 fully saturated rings. The van der Waals surface area contributed by atoms with Gasteiger partial charge in [0.2, 0.25) is 0 Å². The number of anilines is 1. The number of ether oxygens (including phenoxy) is 2. The first-order valence-electron chi connectivity index (χ1n) is 9.69. The molecule has 1 aliphatic heterocycles. The number of nitrogens with zero attached hydrogens (tertiary/aromatic N) is 1. The highest BCUT2D eigenvalue weighted by Gasteiger charge is 2.14. The number of carbonyl (C=O) groups is 1. The maximum atomic E-state index is 12.8. The van der Waals surface area contributed by atoms with Crippen LogP contribution in [0, 0.1) is 0 Å². The lowest BCUT2D eigenvalue weighted by Crippen LogP contribution is -2.37. The molecule has 0 atom stereocenters. The van der Waals surface area contributed by atoms with Crippen LogP contribution in [0.5, 0.6) is 5.75 Å². The zero-order valence-corrected chi connectivity index (χ0v) is 17.9. The quantitative estimate of drug-likeness (QED) is 0.585. The maximum absolute atomic E-state index is 12.8. The Morgan fingerprint density at radius 3 is 2.86 bits per heavy atom. The van der Waals surface area contributed by atoms with Crippen molar-refractivity contribution in [2.75, 3.05) is 45.3 Å². The summed E-state index contributed by atoms with van der Waals surface area (Å²) in [6.45, 7) is 4.59. The molecule has 4 rings (SSSR count). The molecule has 152 valence electrons. The summed E-state index contributed by atoms with van der Waals surface area (Å²) in [5, 5.41) is 4.14. The molecule has 0 aliphatic carbocycles. The second kappa shape index (κ2) is 8.98. The summed E-state index contributed by atoms with van der Waals surface area (Å²) >= 11 is 3.44. The molecule has 1 aliphatic rings. The molecule has 0 unspecified atom stereocenters. The summed E-state index contributed by atoms with van der Waals surface area (Å²) in [6, 6.07) is 11.3. The van der Waals surface area contributed by atoms with Gasteiger partial charge in [-0.15, -0.1) is 0 Å². The van der Waals surface area contributed by atoms with E-state index in [1.807, 2.05) is 30.3 Å². The summed E-state index contributed by atoms with van der Waals surface area (Å²) in [7, 11) is 1.59. The van der Waals surface area contributed by atoms with Gasteiger partial charge in [-0.05, 0) is 64.3 Å². The van der Waals surface area contributed by atoms with Crippen molar-refractivity contribution in [2.45, 2.75) is 6.42 Å². The zero-order chi connectivity index (χ0) is 20.2. The Labute approximate surface area is 178 Å². The second-order valence-electron chi connectivity index (χ2n) is 7.08. The lowest BCUT2D eigenvalue weighted by atomic mass is 10.1. The molecule has 1 saturated heterocycles. The van der Waals surface area contributed by atoms with Crippen LogP contribution in [0.1, 0.15) is 15.9 Å². The molecule has 0 saturated carbocycles. The van der Waals surface area contributed by atoms with Crippen LogP contribution in [0.4, 0.5) is 5.69 Å². The van der Waals surface area contributed by atoms with Crippen LogP contribution in [-0.4, -0.2) is 55.7 Å². The average molecular weight is 458 g/mol. The number of methoxy groups -OCH3 is 1. The summed E-state index contributed by atoms with van der Waals surface area (Å²) < 4.78 is 11.4. The first kappa shape index (κ1) is 19.9. The van der Waals surface area contributed by atoms with Gasteiger partial charge in [-0.25, -0.2) is 0 Å². The number of hydrogen-bond acceptors (Lipinski definition) is 4. The van der Waals surface area contributed by atoms with Crippen molar-refractivity contribution in [3.8, 4) is 5.75 Å².